The van der Waals surface area contributed by atoms with Gasteiger partial charge in [0.05, 0.1) is 6.42 Å². The summed E-state index contributed by atoms with van der Waals surface area (Å²) in [6.07, 6.45) is -0.432. The third-order valence-corrected chi connectivity index (χ3v) is 3.16. The molecule has 0 aromatic rings. The first kappa shape index (κ1) is 17.2. The van der Waals surface area contributed by atoms with Gasteiger partial charge in [0.2, 0.25) is 5.91 Å². The highest BCUT2D eigenvalue weighted by Gasteiger charge is 2.30. The lowest BCUT2D eigenvalue weighted by Crippen LogP contribution is -2.52. The van der Waals surface area contributed by atoms with Gasteiger partial charge >= 0.3 is 12.0 Å². The molecule has 0 aromatic heterocycles. The van der Waals surface area contributed by atoms with E-state index in [1.165, 1.54) is 4.90 Å². The predicted octanol–water partition coefficient (Wildman–Crippen LogP) is 0.391. The van der Waals surface area contributed by atoms with Crippen LogP contribution in [0.3, 0.4) is 0 Å². The number of carbonyl (C=O) groups is 3. The smallest absolute Gasteiger partial charge is 0.326 e. The number of carboxylic acids is 1. The third-order valence-electron chi connectivity index (χ3n) is 3.16. The molecule has 0 rings (SSSR count). The summed E-state index contributed by atoms with van der Waals surface area (Å²) >= 11 is 0. The molecule has 0 saturated carbocycles. The van der Waals surface area contributed by atoms with Crippen LogP contribution >= 0.6 is 0 Å². The maximum Gasteiger partial charge on any atom is 0.326 e. The van der Waals surface area contributed by atoms with Crippen molar-refractivity contribution < 1.29 is 19.5 Å². The van der Waals surface area contributed by atoms with Crippen LogP contribution in [0.1, 0.15) is 34.1 Å². The maximum atomic E-state index is 11.9. The molecule has 1 unspecified atom stereocenters. The lowest BCUT2D eigenvalue weighted by atomic mass is 9.87. The van der Waals surface area contributed by atoms with Crippen molar-refractivity contribution in [3.8, 4) is 0 Å². The molecule has 0 saturated heterocycles. The standard InChI is InChI=1S/C12H23N3O4/c1-7(12(2,3)4)15(5)11(19)14-8(10(17)18)6-9(13)16/h7-8H,6H2,1-5H3,(H2,13,16)(H,14,19)(H,17,18)/t7?,8-/m1/s1. The fraction of sp³-hybridized carbons (Fsp3) is 0.750. The van der Waals surface area contributed by atoms with E-state index >= 15 is 0 Å². The Hall–Kier alpha value is -1.79. The predicted molar refractivity (Wildman–Crippen MR) is 70.4 cm³/mol. The number of amides is 3. The number of primary amides is 1. The first-order valence-corrected chi connectivity index (χ1v) is 6.01. The number of nitrogens with two attached hydrogens (primary N) is 1. The zero-order valence-corrected chi connectivity index (χ0v) is 12.1. The van der Waals surface area contributed by atoms with Gasteiger partial charge in [-0.1, -0.05) is 20.8 Å². The van der Waals surface area contributed by atoms with E-state index in [0.717, 1.165) is 0 Å². The minimum absolute atomic E-state index is 0.101. The number of hydrogen-bond donors (Lipinski definition) is 3. The van der Waals surface area contributed by atoms with E-state index in [4.69, 9.17) is 10.8 Å². The molecule has 7 nitrogen and oxygen atoms in total. The van der Waals surface area contributed by atoms with Crippen LogP contribution in [0.25, 0.3) is 0 Å². The number of hydrogen-bond acceptors (Lipinski definition) is 3. The van der Waals surface area contributed by atoms with E-state index < -0.39 is 30.4 Å². The summed E-state index contributed by atoms with van der Waals surface area (Å²) in [7, 11) is 1.58. The van der Waals surface area contributed by atoms with Crippen LogP contribution in [0.15, 0.2) is 0 Å². The molecular weight excluding hydrogens is 250 g/mol. The van der Waals surface area contributed by atoms with Gasteiger partial charge in [0, 0.05) is 13.1 Å². The first-order valence-electron chi connectivity index (χ1n) is 6.01. The van der Waals surface area contributed by atoms with Gasteiger partial charge in [-0.25, -0.2) is 9.59 Å². The summed E-state index contributed by atoms with van der Waals surface area (Å²) in [5.74, 6) is -2.07. The Morgan fingerprint density at radius 2 is 1.79 bits per heavy atom. The Balaban J connectivity index is 4.73. The van der Waals surface area contributed by atoms with Crippen molar-refractivity contribution >= 4 is 17.9 Å². The van der Waals surface area contributed by atoms with E-state index in [1.54, 1.807) is 7.05 Å². The van der Waals surface area contributed by atoms with Crippen LogP contribution in [0, 0.1) is 5.41 Å². The van der Waals surface area contributed by atoms with Gasteiger partial charge in [0.1, 0.15) is 6.04 Å². The Bertz CT molecular complexity index is 362. The number of nitrogens with one attached hydrogen (secondary N) is 1. The van der Waals surface area contributed by atoms with Gasteiger partial charge in [-0.3, -0.25) is 4.79 Å². The zero-order chi connectivity index (χ0) is 15.4. The quantitative estimate of drug-likeness (QED) is 0.672. The van der Waals surface area contributed by atoms with E-state index in [9.17, 15) is 14.4 Å². The van der Waals surface area contributed by atoms with Gasteiger partial charge in [0.15, 0.2) is 0 Å². The summed E-state index contributed by atoms with van der Waals surface area (Å²) in [4.78, 5) is 35.0. The summed E-state index contributed by atoms with van der Waals surface area (Å²) in [5, 5.41) is 11.2. The molecule has 19 heavy (non-hydrogen) atoms. The average molecular weight is 273 g/mol. The number of aliphatic carboxylic acids is 1. The second-order valence-electron chi connectivity index (χ2n) is 5.66. The number of carbonyl (C=O) groups excluding carboxylic acids is 2. The van der Waals surface area contributed by atoms with E-state index in [0.29, 0.717) is 0 Å². The fourth-order valence-electron chi connectivity index (χ4n) is 1.41. The van der Waals surface area contributed by atoms with E-state index in [2.05, 4.69) is 5.32 Å². The van der Waals surface area contributed by atoms with Crippen LogP contribution in [-0.4, -0.2) is 47.0 Å². The van der Waals surface area contributed by atoms with Crippen LogP contribution < -0.4 is 11.1 Å². The number of urea groups is 1. The summed E-state index contributed by atoms with van der Waals surface area (Å²) in [5.41, 5.74) is 4.80. The monoisotopic (exact) mass is 273 g/mol. The molecule has 0 radical (unpaired) electrons. The number of rotatable bonds is 5. The van der Waals surface area contributed by atoms with Gasteiger partial charge in [-0.15, -0.1) is 0 Å². The van der Waals surface area contributed by atoms with Gasteiger partial charge in [0.25, 0.3) is 0 Å². The number of carboxylic acid groups (broad SMARTS) is 1. The fourth-order valence-corrected chi connectivity index (χ4v) is 1.41. The molecule has 0 aliphatic rings. The second-order valence-corrected chi connectivity index (χ2v) is 5.66. The minimum Gasteiger partial charge on any atom is -0.480 e. The van der Waals surface area contributed by atoms with Crippen LogP contribution in [-0.2, 0) is 9.59 Å². The van der Waals surface area contributed by atoms with Crippen molar-refractivity contribution in [3.63, 3.8) is 0 Å². The Labute approximate surface area is 113 Å². The Kier molecular flexibility index (Phi) is 5.80. The van der Waals surface area contributed by atoms with Crippen molar-refractivity contribution in [2.24, 2.45) is 11.1 Å². The topological polar surface area (TPSA) is 113 Å². The van der Waals surface area contributed by atoms with E-state index in [-0.39, 0.29) is 11.5 Å². The van der Waals surface area contributed by atoms with Crippen molar-refractivity contribution in [1.82, 2.24) is 10.2 Å². The van der Waals surface area contributed by atoms with Crippen molar-refractivity contribution in [2.45, 2.75) is 46.2 Å². The highest BCUT2D eigenvalue weighted by atomic mass is 16.4. The van der Waals surface area contributed by atoms with Crippen LogP contribution in [0.4, 0.5) is 4.79 Å². The van der Waals surface area contributed by atoms with Gasteiger partial charge < -0.3 is 21.1 Å². The first-order chi connectivity index (χ1) is 8.46. The molecule has 2 atom stereocenters. The molecule has 3 amide bonds. The van der Waals surface area contributed by atoms with Gasteiger partial charge in [-0.05, 0) is 12.3 Å². The minimum atomic E-state index is -1.31. The molecule has 0 aliphatic carbocycles. The highest BCUT2D eigenvalue weighted by Crippen LogP contribution is 2.22. The maximum absolute atomic E-state index is 11.9. The molecule has 0 fully saturated rings. The van der Waals surface area contributed by atoms with Crippen LogP contribution in [0.2, 0.25) is 0 Å². The molecule has 110 valence electrons. The normalized spacial score (nSPS) is 14.4. The number of nitrogens with zero attached hydrogens (tertiary/aromatic N) is 1. The SMILES string of the molecule is CC(N(C)C(=O)N[C@H](CC(N)=O)C(=O)O)C(C)(C)C. The molecule has 0 spiro atoms. The zero-order valence-electron chi connectivity index (χ0n) is 12.1. The molecule has 0 aliphatic heterocycles. The van der Waals surface area contributed by atoms with E-state index in [1.807, 2.05) is 27.7 Å². The second kappa shape index (κ2) is 6.40. The van der Waals surface area contributed by atoms with Crippen molar-refractivity contribution in [2.75, 3.05) is 7.05 Å². The Morgan fingerprint density at radius 1 is 1.32 bits per heavy atom. The molecular formula is C12H23N3O4. The van der Waals surface area contributed by atoms with Crippen molar-refractivity contribution in [1.29, 1.82) is 0 Å². The molecule has 0 bridgehead atoms. The summed E-state index contributed by atoms with van der Waals surface area (Å²) in [6, 6.07) is -1.95. The summed E-state index contributed by atoms with van der Waals surface area (Å²) in [6.45, 7) is 7.78. The molecule has 7 heteroatoms. The molecule has 4 N–H and O–H groups in total. The third kappa shape index (κ3) is 5.58. The largest absolute Gasteiger partial charge is 0.480 e. The Morgan fingerprint density at radius 3 is 2.11 bits per heavy atom. The van der Waals surface area contributed by atoms with Crippen LogP contribution in [0.5, 0.6) is 0 Å². The lowest BCUT2D eigenvalue weighted by Gasteiger charge is -2.35. The summed E-state index contributed by atoms with van der Waals surface area (Å²) < 4.78 is 0. The lowest BCUT2D eigenvalue weighted by molar-refractivity contribution is -0.141. The highest BCUT2D eigenvalue weighted by molar-refractivity contribution is 5.87. The van der Waals surface area contributed by atoms with Crippen molar-refractivity contribution in [3.05, 3.63) is 0 Å². The average Bonchev–Trinajstić information content (AvgIpc) is 2.23. The molecule has 0 heterocycles. The van der Waals surface area contributed by atoms with Gasteiger partial charge in [-0.2, -0.15) is 0 Å². The molecule has 0 aromatic carbocycles.